The molecule has 4 heteroatoms. The Bertz CT molecular complexity index is 607. The van der Waals surface area contributed by atoms with E-state index < -0.39 is 0 Å². The highest BCUT2D eigenvalue weighted by Gasteiger charge is 2.22. The van der Waals surface area contributed by atoms with Gasteiger partial charge in [-0.3, -0.25) is 0 Å². The maximum absolute atomic E-state index is 6.00. The molecule has 0 aliphatic carbocycles. The molecule has 0 spiro atoms. The van der Waals surface area contributed by atoms with Gasteiger partial charge in [-0.1, -0.05) is 12.1 Å². The summed E-state index contributed by atoms with van der Waals surface area (Å²) < 4.78 is 16.9. The third kappa shape index (κ3) is 3.06. The molecule has 1 aliphatic heterocycles. The quantitative estimate of drug-likeness (QED) is 0.933. The minimum absolute atomic E-state index is 0.178. The van der Waals surface area contributed by atoms with Crippen molar-refractivity contribution in [3.8, 4) is 5.75 Å². The summed E-state index contributed by atoms with van der Waals surface area (Å²) >= 11 is 0. The van der Waals surface area contributed by atoms with E-state index in [0.29, 0.717) is 12.1 Å². The molecule has 0 saturated carbocycles. The van der Waals surface area contributed by atoms with Gasteiger partial charge in [-0.05, 0) is 38.8 Å². The summed E-state index contributed by atoms with van der Waals surface area (Å²) in [5.41, 5.74) is 0.823. The summed E-state index contributed by atoms with van der Waals surface area (Å²) in [4.78, 5) is 0. The molecule has 1 aromatic carbocycles. The molecule has 1 saturated heterocycles. The Hall–Kier alpha value is -1.52. The van der Waals surface area contributed by atoms with Gasteiger partial charge < -0.3 is 19.2 Å². The number of furan rings is 1. The second-order valence-corrected chi connectivity index (χ2v) is 5.82. The van der Waals surface area contributed by atoms with Crippen molar-refractivity contribution in [1.82, 2.24) is 5.32 Å². The largest absolute Gasteiger partial charge is 0.493 e. The fourth-order valence-electron chi connectivity index (χ4n) is 3.02. The highest BCUT2D eigenvalue weighted by atomic mass is 16.5. The number of para-hydroxylation sites is 1. The van der Waals surface area contributed by atoms with Crippen LogP contribution in [0.5, 0.6) is 5.75 Å². The monoisotopic (exact) mass is 289 g/mol. The van der Waals surface area contributed by atoms with E-state index in [0.717, 1.165) is 41.9 Å². The normalized spacial score (nSPS) is 24.1. The van der Waals surface area contributed by atoms with Gasteiger partial charge in [0.25, 0.3) is 0 Å². The Kier molecular flexibility index (Phi) is 4.17. The lowest BCUT2D eigenvalue weighted by Gasteiger charge is -2.29. The third-order valence-electron chi connectivity index (χ3n) is 4.14. The van der Waals surface area contributed by atoms with Gasteiger partial charge in [0.15, 0.2) is 11.3 Å². The molecule has 114 valence electrons. The van der Waals surface area contributed by atoms with E-state index in [-0.39, 0.29) is 6.04 Å². The first-order chi connectivity index (χ1) is 10.2. The molecular formula is C17H23NO3. The lowest BCUT2D eigenvalue weighted by Crippen LogP contribution is -2.39. The van der Waals surface area contributed by atoms with Crippen molar-refractivity contribution in [3.05, 3.63) is 30.0 Å². The molecule has 0 bridgehead atoms. The number of hydrogen-bond donors (Lipinski definition) is 1. The van der Waals surface area contributed by atoms with Crippen LogP contribution in [0.1, 0.15) is 38.5 Å². The Balaban J connectivity index is 1.76. The fourth-order valence-corrected chi connectivity index (χ4v) is 3.02. The van der Waals surface area contributed by atoms with Crippen LogP contribution >= 0.6 is 0 Å². The van der Waals surface area contributed by atoms with Gasteiger partial charge in [0, 0.05) is 18.0 Å². The van der Waals surface area contributed by atoms with E-state index in [9.17, 15) is 0 Å². The zero-order valence-electron chi connectivity index (χ0n) is 12.9. The minimum Gasteiger partial charge on any atom is -0.493 e. The predicted octanol–water partition coefficient (Wildman–Crippen LogP) is 3.66. The van der Waals surface area contributed by atoms with Gasteiger partial charge in [-0.25, -0.2) is 0 Å². The summed E-state index contributed by atoms with van der Waals surface area (Å²) in [7, 11) is 1.67. The standard InChI is InChI=1S/C17H23NO3/c1-11-9-14(7-8-20-11)18-12(2)16-10-13-5-4-6-15(19-3)17(13)21-16/h4-6,10-12,14,18H,7-9H2,1-3H3. The molecule has 3 atom stereocenters. The molecule has 2 aromatic rings. The smallest absolute Gasteiger partial charge is 0.176 e. The van der Waals surface area contributed by atoms with Gasteiger partial charge >= 0.3 is 0 Å². The Morgan fingerprint density at radius 3 is 3.00 bits per heavy atom. The van der Waals surface area contributed by atoms with Crippen molar-refractivity contribution in [2.24, 2.45) is 0 Å². The van der Waals surface area contributed by atoms with Crippen molar-refractivity contribution in [3.63, 3.8) is 0 Å². The molecule has 3 rings (SSSR count). The molecule has 2 heterocycles. The number of hydrogen-bond acceptors (Lipinski definition) is 4. The fraction of sp³-hybridized carbons (Fsp3) is 0.529. The highest BCUT2D eigenvalue weighted by molar-refractivity contribution is 5.83. The second-order valence-electron chi connectivity index (χ2n) is 5.82. The zero-order chi connectivity index (χ0) is 14.8. The lowest BCUT2D eigenvalue weighted by molar-refractivity contribution is 0.0112. The Morgan fingerprint density at radius 2 is 2.24 bits per heavy atom. The van der Waals surface area contributed by atoms with Crippen LogP contribution in [0.2, 0.25) is 0 Å². The lowest BCUT2D eigenvalue weighted by atomic mass is 10.0. The molecule has 1 aliphatic rings. The van der Waals surface area contributed by atoms with Crippen molar-refractivity contribution >= 4 is 11.0 Å². The average Bonchev–Trinajstić information content (AvgIpc) is 2.91. The van der Waals surface area contributed by atoms with Crippen LogP contribution in [0, 0.1) is 0 Å². The molecule has 4 nitrogen and oxygen atoms in total. The topological polar surface area (TPSA) is 43.6 Å². The van der Waals surface area contributed by atoms with Crippen LogP contribution in [-0.2, 0) is 4.74 Å². The summed E-state index contributed by atoms with van der Waals surface area (Å²) in [6.45, 7) is 5.11. The Morgan fingerprint density at radius 1 is 1.38 bits per heavy atom. The maximum Gasteiger partial charge on any atom is 0.176 e. The van der Waals surface area contributed by atoms with E-state index in [1.54, 1.807) is 7.11 Å². The van der Waals surface area contributed by atoms with E-state index in [2.05, 4.69) is 25.2 Å². The van der Waals surface area contributed by atoms with Crippen LogP contribution in [0.3, 0.4) is 0 Å². The second kappa shape index (κ2) is 6.08. The van der Waals surface area contributed by atoms with Crippen molar-refractivity contribution in [2.45, 2.75) is 44.9 Å². The first-order valence-electron chi connectivity index (χ1n) is 7.61. The van der Waals surface area contributed by atoms with Crippen molar-refractivity contribution < 1.29 is 13.9 Å². The first-order valence-corrected chi connectivity index (χ1v) is 7.61. The van der Waals surface area contributed by atoms with Crippen LogP contribution in [0.25, 0.3) is 11.0 Å². The predicted molar refractivity (Wildman–Crippen MR) is 82.8 cm³/mol. The van der Waals surface area contributed by atoms with E-state index >= 15 is 0 Å². The molecule has 1 fully saturated rings. The third-order valence-corrected chi connectivity index (χ3v) is 4.14. The molecule has 0 amide bonds. The summed E-state index contributed by atoms with van der Waals surface area (Å²) in [6.07, 6.45) is 2.44. The van der Waals surface area contributed by atoms with Crippen LogP contribution in [0.4, 0.5) is 0 Å². The summed E-state index contributed by atoms with van der Waals surface area (Å²) in [6, 6.07) is 8.72. The highest BCUT2D eigenvalue weighted by Crippen LogP contribution is 2.31. The molecule has 21 heavy (non-hydrogen) atoms. The average molecular weight is 289 g/mol. The molecule has 3 unspecified atom stereocenters. The first kappa shape index (κ1) is 14.4. The van der Waals surface area contributed by atoms with Crippen LogP contribution in [-0.4, -0.2) is 25.9 Å². The van der Waals surface area contributed by atoms with Gasteiger partial charge in [0.2, 0.25) is 0 Å². The maximum atomic E-state index is 6.00. The summed E-state index contributed by atoms with van der Waals surface area (Å²) in [5.74, 6) is 1.74. The number of ether oxygens (including phenoxy) is 2. The van der Waals surface area contributed by atoms with Crippen LogP contribution in [0.15, 0.2) is 28.7 Å². The van der Waals surface area contributed by atoms with Crippen molar-refractivity contribution in [1.29, 1.82) is 0 Å². The Labute approximate surface area is 125 Å². The number of nitrogens with one attached hydrogen (secondary N) is 1. The molecule has 1 N–H and O–H groups in total. The SMILES string of the molecule is COc1cccc2cc(C(C)NC3CCOC(C)C3)oc12. The van der Waals surface area contributed by atoms with Crippen LogP contribution < -0.4 is 10.1 Å². The number of methoxy groups -OCH3 is 1. The van der Waals surface area contributed by atoms with Crippen molar-refractivity contribution in [2.75, 3.05) is 13.7 Å². The molecular weight excluding hydrogens is 266 g/mol. The number of fused-ring (bicyclic) bond motifs is 1. The molecule has 0 radical (unpaired) electrons. The van der Waals surface area contributed by atoms with Gasteiger partial charge in [0.05, 0.1) is 19.3 Å². The van der Waals surface area contributed by atoms with Gasteiger partial charge in [0.1, 0.15) is 5.76 Å². The van der Waals surface area contributed by atoms with E-state index in [1.165, 1.54) is 0 Å². The zero-order valence-corrected chi connectivity index (χ0v) is 12.9. The summed E-state index contributed by atoms with van der Waals surface area (Å²) in [5, 5.41) is 4.73. The van der Waals surface area contributed by atoms with E-state index in [1.807, 2.05) is 18.2 Å². The minimum atomic E-state index is 0.178. The molecule has 1 aromatic heterocycles. The number of benzene rings is 1. The van der Waals surface area contributed by atoms with Gasteiger partial charge in [-0.15, -0.1) is 0 Å². The van der Waals surface area contributed by atoms with E-state index in [4.69, 9.17) is 13.9 Å². The number of rotatable bonds is 4. The van der Waals surface area contributed by atoms with Gasteiger partial charge in [-0.2, -0.15) is 0 Å².